The molecule has 5 nitrogen and oxygen atoms in total. The van der Waals surface area contributed by atoms with Gasteiger partial charge in [0.25, 0.3) is 5.91 Å². The van der Waals surface area contributed by atoms with E-state index in [0.29, 0.717) is 11.1 Å². The number of piperidine rings is 1. The van der Waals surface area contributed by atoms with E-state index in [-0.39, 0.29) is 11.9 Å². The summed E-state index contributed by atoms with van der Waals surface area (Å²) in [5.74, 6) is -0.0574. The average Bonchev–Trinajstić information content (AvgIpc) is 2.47. The fourth-order valence-corrected chi connectivity index (χ4v) is 2.41. The van der Waals surface area contributed by atoms with E-state index in [1.54, 1.807) is 18.5 Å². The molecule has 2 aromatic rings. The van der Waals surface area contributed by atoms with Crippen LogP contribution in [0.2, 0.25) is 0 Å². The molecule has 0 saturated carbocycles. The number of aromatic nitrogens is 2. The molecule has 98 valence electrons. The Labute approximate surface area is 111 Å². The minimum Gasteiger partial charge on any atom is -0.349 e. The van der Waals surface area contributed by atoms with Crippen LogP contribution in [-0.2, 0) is 0 Å². The standard InChI is InChI=1S/C14H16N4O/c19-14(18-10-4-6-15-7-5-10)11-2-1-3-12-13(11)17-9-8-16-12/h1-3,8-10,15H,4-7H2,(H,18,19). The van der Waals surface area contributed by atoms with Crippen LogP contribution in [-0.4, -0.2) is 35.0 Å². The molecule has 0 spiro atoms. The molecule has 0 atom stereocenters. The predicted octanol–water partition coefficient (Wildman–Crippen LogP) is 1.11. The maximum Gasteiger partial charge on any atom is 0.253 e. The summed E-state index contributed by atoms with van der Waals surface area (Å²) in [6, 6.07) is 5.76. The molecule has 1 aromatic heterocycles. The number of rotatable bonds is 2. The maximum atomic E-state index is 12.3. The molecule has 2 heterocycles. The molecule has 0 aliphatic carbocycles. The van der Waals surface area contributed by atoms with Crippen molar-refractivity contribution in [3.8, 4) is 0 Å². The van der Waals surface area contributed by atoms with Crippen molar-refractivity contribution in [2.45, 2.75) is 18.9 Å². The highest BCUT2D eigenvalue weighted by molar-refractivity contribution is 6.04. The first kappa shape index (κ1) is 12.0. The maximum absolute atomic E-state index is 12.3. The lowest BCUT2D eigenvalue weighted by atomic mass is 10.1. The van der Waals surface area contributed by atoms with Crippen LogP contribution in [0.25, 0.3) is 11.0 Å². The van der Waals surface area contributed by atoms with Crippen LogP contribution >= 0.6 is 0 Å². The van der Waals surface area contributed by atoms with Gasteiger partial charge in [0.05, 0.1) is 11.1 Å². The number of fused-ring (bicyclic) bond motifs is 1. The van der Waals surface area contributed by atoms with E-state index in [9.17, 15) is 4.79 Å². The van der Waals surface area contributed by atoms with Gasteiger partial charge in [-0.25, -0.2) is 0 Å². The van der Waals surface area contributed by atoms with Crippen LogP contribution in [0, 0.1) is 0 Å². The van der Waals surface area contributed by atoms with Crippen molar-refractivity contribution in [1.29, 1.82) is 0 Å². The number of hydrogen-bond donors (Lipinski definition) is 2. The lowest BCUT2D eigenvalue weighted by Crippen LogP contribution is -2.42. The summed E-state index contributed by atoms with van der Waals surface area (Å²) in [6.07, 6.45) is 5.20. The second kappa shape index (κ2) is 5.32. The number of nitrogens with one attached hydrogen (secondary N) is 2. The predicted molar refractivity (Wildman–Crippen MR) is 72.9 cm³/mol. The number of para-hydroxylation sites is 1. The first-order valence-corrected chi connectivity index (χ1v) is 6.56. The Kier molecular flexibility index (Phi) is 3.37. The van der Waals surface area contributed by atoms with E-state index < -0.39 is 0 Å². The van der Waals surface area contributed by atoms with E-state index in [1.165, 1.54) is 0 Å². The van der Waals surface area contributed by atoms with Crippen molar-refractivity contribution in [3.05, 3.63) is 36.2 Å². The molecule has 1 aliphatic heterocycles. The Morgan fingerprint density at radius 3 is 2.84 bits per heavy atom. The van der Waals surface area contributed by atoms with Gasteiger partial charge in [-0.3, -0.25) is 14.8 Å². The van der Waals surface area contributed by atoms with Crippen molar-refractivity contribution < 1.29 is 4.79 Å². The molecule has 2 N–H and O–H groups in total. The van der Waals surface area contributed by atoms with Crippen molar-refractivity contribution in [2.24, 2.45) is 0 Å². The minimum absolute atomic E-state index is 0.0574. The summed E-state index contributed by atoms with van der Waals surface area (Å²) < 4.78 is 0. The van der Waals surface area contributed by atoms with E-state index >= 15 is 0 Å². The van der Waals surface area contributed by atoms with Crippen molar-refractivity contribution in [1.82, 2.24) is 20.6 Å². The van der Waals surface area contributed by atoms with Gasteiger partial charge in [0, 0.05) is 18.4 Å². The van der Waals surface area contributed by atoms with E-state index in [1.807, 2.05) is 12.1 Å². The Morgan fingerprint density at radius 1 is 1.21 bits per heavy atom. The fraction of sp³-hybridized carbons (Fsp3) is 0.357. The van der Waals surface area contributed by atoms with Gasteiger partial charge in [0.2, 0.25) is 0 Å². The molecule has 1 amide bonds. The number of nitrogens with zero attached hydrogens (tertiary/aromatic N) is 2. The van der Waals surface area contributed by atoms with Crippen LogP contribution < -0.4 is 10.6 Å². The molecule has 3 rings (SSSR count). The van der Waals surface area contributed by atoms with Gasteiger partial charge in [-0.1, -0.05) is 6.07 Å². The highest BCUT2D eigenvalue weighted by atomic mass is 16.1. The second-order valence-electron chi connectivity index (χ2n) is 4.73. The van der Waals surface area contributed by atoms with E-state index in [2.05, 4.69) is 20.6 Å². The van der Waals surface area contributed by atoms with Crippen LogP contribution in [0.4, 0.5) is 0 Å². The van der Waals surface area contributed by atoms with Crippen molar-refractivity contribution in [2.75, 3.05) is 13.1 Å². The molecule has 1 aromatic carbocycles. The lowest BCUT2D eigenvalue weighted by molar-refractivity contribution is 0.0931. The topological polar surface area (TPSA) is 66.9 Å². The third-order valence-corrected chi connectivity index (χ3v) is 3.42. The van der Waals surface area contributed by atoms with Gasteiger partial charge in [-0.05, 0) is 38.1 Å². The van der Waals surface area contributed by atoms with Gasteiger partial charge < -0.3 is 10.6 Å². The zero-order chi connectivity index (χ0) is 13.1. The first-order valence-electron chi connectivity index (χ1n) is 6.56. The molecule has 5 heteroatoms. The summed E-state index contributed by atoms with van der Waals surface area (Å²) in [7, 11) is 0. The molecule has 0 radical (unpaired) electrons. The molecule has 1 aliphatic rings. The summed E-state index contributed by atoms with van der Waals surface area (Å²) in [4.78, 5) is 20.8. The number of amides is 1. The van der Waals surface area contributed by atoms with Crippen LogP contribution in [0.5, 0.6) is 0 Å². The monoisotopic (exact) mass is 256 g/mol. The highest BCUT2D eigenvalue weighted by Gasteiger charge is 2.18. The first-order chi connectivity index (χ1) is 9.34. The quantitative estimate of drug-likeness (QED) is 0.844. The number of carbonyl (C=O) groups excluding carboxylic acids is 1. The van der Waals surface area contributed by atoms with E-state index in [4.69, 9.17) is 0 Å². The van der Waals surface area contributed by atoms with Gasteiger partial charge >= 0.3 is 0 Å². The van der Waals surface area contributed by atoms with Gasteiger partial charge in [-0.15, -0.1) is 0 Å². The van der Waals surface area contributed by atoms with Crippen molar-refractivity contribution in [3.63, 3.8) is 0 Å². The Hall–Kier alpha value is -2.01. The molecular weight excluding hydrogens is 240 g/mol. The summed E-state index contributed by atoms with van der Waals surface area (Å²) in [6.45, 7) is 1.92. The fourth-order valence-electron chi connectivity index (χ4n) is 2.41. The van der Waals surface area contributed by atoms with E-state index in [0.717, 1.165) is 31.4 Å². The summed E-state index contributed by atoms with van der Waals surface area (Å²) in [5.41, 5.74) is 2.01. The zero-order valence-corrected chi connectivity index (χ0v) is 10.6. The third-order valence-electron chi connectivity index (χ3n) is 3.42. The van der Waals surface area contributed by atoms with Crippen LogP contribution in [0.15, 0.2) is 30.6 Å². The average molecular weight is 256 g/mol. The number of hydrogen-bond acceptors (Lipinski definition) is 4. The van der Waals surface area contributed by atoms with Gasteiger partial charge in [0.15, 0.2) is 0 Å². The lowest BCUT2D eigenvalue weighted by Gasteiger charge is -2.23. The molecular formula is C14H16N4O. The third kappa shape index (κ3) is 2.56. The molecule has 1 fully saturated rings. The molecule has 0 unspecified atom stereocenters. The SMILES string of the molecule is O=C(NC1CCNCC1)c1cccc2nccnc12. The number of carbonyl (C=O) groups is 1. The number of benzene rings is 1. The minimum atomic E-state index is -0.0574. The van der Waals surface area contributed by atoms with Gasteiger partial charge in [0.1, 0.15) is 5.52 Å². The summed E-state index contributed by atoms with van der Waals surface area (Å²) in [5, 5.41) is 6.36. The second-order valence-corrected chi connectivity index (χ2v) is 4.73. The highest BCUT2D eigenvalue weighted by Crippen LogP contribution is 2.14. The Balaban J connectivity index is 1.85. The Bertz CT molecular complexity index is 588. The van der Waals surface area contributed by atoms with Crippen LogP contribution in [0.3, 0.4) is 0 Å². The smallest absolute Gasteiger partial charge is 0.253 e. The Morgan fingerprint density at radius 2 is 2.00 bits per heavy atom. The summed E-state index contributed by atoms with van der Waals surface area (Å²) >= 11 is 0. The molecule has 0 bridgehead atoms. The van der Waals surface area contributed by atoms with Crippen molar-refractivity contribution >= 4 is 16.9 Å². The molecule has 1 saturated heterocycles. The molecule has 19 heavy (non-hydrogen) atoms. The zero-order valence-electron chi connectivity index (χ0n) is 10.6. The largest absolute Gasteiger partial charge is 0.349 e. The van der Waals surface area contributed by atoms with Crippen LogP contribution in [0.1, 0.15) is 23.2 Å². The normalized spacial score (nSPS) is 16.4. The van der Waals surface area contributed by atoms with Gasteiger partial charge in [-0.2, -0.15) is 0 Å².